The highest BCUT2D eigenvalue weighted by molar-refractivity contribution is 6.30. The van der Waals surface area contributed by atoms with E-state index in [-0.39, 0.29) is 23.7 Å². The molecule has 37 heavy (non-hydrogen) atoms. The van der Waals surface area contributed by atoms with E-state index in [0.29, 0.717) is 47.7 Å². The number of nitrogens with zero attached hydrogens (tertiary/aromatic N) is 3. The molecule has 0 bridgehead atoms. The van der Waals surface area contributed by atoms with Crippen molar-refractivity contribution in [2.75, 3.05) is 36.8 Å². The first-order valence-corrected chi connectivity index (χ1v) is 11.9. The van der Waals surface area contributed by atoms with Gasteiger partial charge >= 0.3 is 0 Å². The molecule has 4 N–H and O–H groups in total. The third-order valence-corrected chi connectivity index (χ3v) is 5.66. The number of nitro groups is 1. The molecule has 0 saturated carbocycles. The quantitative estimate of drug-likeness (QED) is 0.168. The number of anilines is 2. The first-order valence-electron chi connectivity index (χ1n) is 11.6. The van der Waals surface area contributed by atoms with E-state index in [9.17, 15) is 19.7 Å². The summed E-state index contributed by atoms with van der Waals surface area (Å²) in [6, 6.07) is 11.8. The second kappa shape index (κ2) is 12.6. The molecule has 11 nitrogen and oxygen atoms in total. The van der Waals surface area contributed by atoms with E-state index in [0.717, 1.165) is 11.1 Å². The summed E-state index contributed by atoms with van der Waals surface area (Å²) in [6.45, 7) is 6.30. The van der Waals surface area contributed by atoms with Crippen molar-refractivity contribution >= 4 is 40.7 Å². The maximum Gasteiger partial charge on any atom is 0.285 e. The van der Waals surface area contributed by atoms with Crippen LogP contribution in [0, 0.1) is 24.0 Å². The molecule has 0 aliphatic rings. The van der Waals surface area contributed by atoms with Crippen LogP contribution in [0.1, 0.15) is 28.4 Å². The maximum absolute atomic E-state index is 12.6. The van der Waals surface area contributed by atoms with E-state index in [1.807, 2.05) is 19.1 Å². The Bertz CT molecular complexity index is 1300. The Kier molecular flexibility index (Phi) is 9.33. The van der Waals surface area contributed by atoms with E-state index in [4.69, 9.17) is 11.6 Å². The summed E-state index contributed by atoms with van der Waals surface area (Å²) in [5, 5.41) is 23.8. The fourth-order valence-corrected chi connectivity index (χ4v) is 3.67. The first-order chi connectivity index (χ1) is 17.7. The van der Waals surface area contributed by atoms with Crippen LogP contribution in [-0.4, -0.2) is 52.9 Å². The number of nitro benzene ring substituents is 1. The smallest absolute Gasteiger partial charge is 0.285 e. The van der Waals surface area contributed by atoms with Crippen molar-refractivity contribution in [1.82, 2.24) is 20.6 Å². The molecule has 1 aromatic heterocycles. The van der Waals surface area contributed by atoms with Gasteiger partial charge in [-0.3, -0.25) is 19.7 Å². The van der Waals surface area contributed by atoms with Crippen LogP contribution >= 0.6 is 11.6 Å². The minimum Gasteiger partial charge on any atom is -0.368 e. The molecule has 0 saturated heterocycles. The number of hydrogen-bond acceptors (Lipinski definition) is 8. The van der Waals surface area contributed by atoms with Crippen molar-refractivity contribution < 1.29 is 14.5 Å². The van der Waals surface area contributed by atoms with Gasteiger partial charge in [-0.2, -0.15) is 0 Å². The lowest BCUT2D eigenvalue weighted by Gasteiger charge is -2.16. The molecule has 0 fully saturated rings. The molecular weight excluding hydrogens is 498 g/mol. The van der Waals surface area contributed by atoms with Crippen LogP contribution < -0.4 is 21.3 Å². The first kappa shape index (κ1) is 27.3. The van der Waals surface area contributed by atoms with Gasteiger partial charge in [0.1, 0.15) is 17.2 Å². The van der Waals surface area contributed by atoms with E-state index >= 15 is 0 Å². The van der Waals surface area contributed by atoms with Gasteiger partial charge in [0, 0.05) is 54.8 Å². The highest BCUT2D eigenvalue weighted by Gasteiger charge is 2.22. The van der Waals surface area contributed by atoms with Gasteiger partial charge in [-0.05, 0) is 44.2 Å². The second-order valence-corrected chi connectivity index (χ2v) is 8.63. The summed E-state index contributed by atoms with van der Waals surface area (Å²) in [5.41, 5.74) is 1.74. The van der Waals surface area contributed by atoms with Gasteiger partial charge in [-0.15, -0.1) is 0 Å². The van der Waals surface area contributed by atoms with E-state index in [1.54, 1.807) is 31.2 Å². The highest BCUT2D eigenvalue weighted by atomic mass is 35.5. The third-order valence-electron chi connectivity index (χ3n) is 5.41. The molecule has 0 aliphatic heterocycles. The van der Waals surface area contributed by atoms with Gasteiger partial charge in [0.2, 0.25) is 5.91 Å². The van der Waals surface area contributed by atoms with Crippen molar-refractivity contribution in [2.24, 2.45) is 0 Å². The summed E-state index contributed by atoms with van der Waals surface area (Å²) in [7, 11) is 0. The number of amides is 2. The molecule has 0 atom stereocenters. The Morgan fingerprint density at radius 1 is 0.919 bits per heavy atom. The lowest BCUT2D eigenvalue weighted by Crippen LogP contribution is -2.30. The Morgan fingerprint density at radius 2 is 1.51 bits per heavy atom. The predicted octanol–water partition coefficient (Wildman–Crippen LogP) is 3.71. The largest absolute Gasteiger partial charge is 0.368 e. The number of carbonyl (C=O) groups excluding carboxylic acids is 2. The highest BCUT2D eigenvalue weighted by Crippen LogP contribution is 2.26. The van der Waals surface area contributed by atoms with E-state index in [2.05, 4.69) is 31.2 Å². The monoisotopic (exact) mass is 525 g/mol. The topological polar surface area (TPSA) is 151 Å². The van der Waals surface area contributed by atoms with Crippen molar-refractivity contribution in [2.45, 2.75) is 20.8 Å². The van der Waals surface area contributed by atoms with Gasteiger partial charge < -0.3 is 21.3 Å². The molecule has 1 heterocycles. The van der Waals surface area contributed by atoms with Gasteiger partial charge in [-0.1, -0.05) is 23.7 Å². The van der Waals surface area contributed by atoms with Crippen molar-refractivity contribution in [3.05, 3.63) is 74.3 Å². The number of nitrogens with one attached hydrogen (secondary N) is 4. The SMILES string of the molecule is CC(=O)NCCNc1nc(-c2ccc(Cl)cc2)nc(NCCNC(=O)c2cccc(C)c2[N+](=O)[O-])c1C. The van der Waals surface area contributed by atoms with Gasteiger partial charge in [0.15, 0.2) is 5.82 Å². The number of para-hydroxylation sites is 1. The molecule has 3 rings (SSSR count). The molecule has 0 aliphatic carbocycles. The standard InChI is InChI=1S/C25H28ClN7O4/c1-15-5-4-6-20(21(15)33(36)37)25(35)30-14-13-29-23-16(2)22(28-12-11-27-17(3)34)31-24(32-23)18-7-9-19(26)10-8-18/h4-10H,11-14H2,1-3H3,(H,27,34)(H,30,35)(H2,28,29,31,32). The average molecular weight is 526 g/mol. The Morgan fingerprint density at radius 3 is 2.08 bits per heavy atom. The van der Waals surface area contributed by atoms with Crippen molar-refractivity contribution in [3.63, 3.8) is 0 Å². The van der Waals surface area contributed by atoms with Crippen LogP contribution in [0.25, 0.3) is 11.4 Å². The van der Waals surface area contributed by atoms with Crippen LogP contribution in [0.3, 0.4) is 0 Å². The summed E-state index contributed by atoms with van der Waals surface area (Å²) < 4.78 is 0. The number of benzene rings is 2. The lowest BCUT2D eigenvalue weighted by molar-refractivity contribution is -0.385. The summed E-state index contributed by atoms with van der Waals surface area (Å²) in [5.74, 6) is 0.957. The number of rotatable bonds is 11. The summed E-state index contributed by atoms with van der Waals surface area (Å²) in [6.07, 6.45) is 0. The van der Waals surface area contributed by atoms with Crippen LogP contribution in [0.15, 0.2) is 42.5 Å². The molecule has 2 amide bonds. The predicted molar refractivity (Wildman–Crippen MR) is 143 cm³/mol. The number of aryl methyl sites for hydroxylation is 1. The maximum atomic E-state index is 12.6. The molecular formula is C25H28ClN7O4. The van der Waals surface area contributed by atoms with E-state index in [1.165, 1.54) is 13.0 Å². The van der Waals surface area contributed by atoms with Crippen LogP contribution in [0.5, 0.6) is 0 Å². The fourth-order valence-electron chi connectivity index (χ4n) is 3.55. The average Bonchev–Trinajstić information content (AvgIpc) is 2.85. The number of halogens is 1. The Balaban J connectivity index is 1.73. The number of aromatic nitrogens is 2. The minimum absolute atomic E-state index is 0.0129. The van der Waals surface area contributed by atoms with Crippen molar-refractivity contribution in [1.29, 1.82) is 0 Å². The normalized spacial score (nSPS) is 10.5. The zero-order chi connectivity index (χ0) is 26.9. The molecule has 0 unspecified atom stereocenters. The molecule has 3 aromatic rings. The minimum atomic E-state index is -0.550. The van der Waals surface area contributed by atoms with Crippen LogP contribution in [0.4, 0.5) is 17.3 Å². The second-order valence-electron chi connectivity index (χ2n) is 8.20. The van der Waals surface area contributed by atoms with Crippen molar-refractivity contribution in [3.8, 4) is 11.4 Å². The Labute approximate surface area is 219 Å². The molecule has 194 valence electrons. The summed E-state index contributed by atoms with van der Waals surface area (Å²) in [4.78, 5) is 43.9. The van der Waals surface area contributed by atoms with Gasteiger partial charge in [0.25, 0.3) is 11.6 Å². The number of hydrogen-bond donors (Lipinski definition) is 4. The molecule has 0 radical (unpaired) electrons. The number of carbonyl (C=O) groups is 2. The van der Waals surface area contributed by atoms with Gasteiger partial charge in [0.05, 0.1) is 4.92 Å². The molecule has 0 spiro atoms. The lowest BCUT2D eigenvalue weighted by atomic mass is 10.1. The molecule has 12 heteroatoms. The van der Waals surface area contributed by atoms with Crippen LogP contribution in [-0.2, 0) is 4.79 Å². The fraction of sp³-hybridized carbons (Fsp3) is 0.280. The Hall–Kier alpha value is -4.25. The third kappa shape index (κ3) is 7.37. The zero-order valence-electron chi connectivity index (χ0n) is 20.7. The van der Waals surface area contributed by atoms with E-state index < -0.39 is 10.8 Å². The van der Waals surface area contributed by atoms with Gasteiger partial charge in [-0.25, -0.2) is 9.97 Å². The van der Waals surface area contributed by atoms with Crippen LogP contribution in [0.2, 0.25) is 5.02 Å². The molecule has 2 aromatic carbocycles. The summed E-state index contributed by atoms with van der Waals surface area (Å²) >= 11 is 6.02. The zero-order valence-corrected chi connectivity index (χ0v) is 21.5.